The topological polar surface area (TPSA) is 103 Å². The van der Waals surface area contributed by atoms with Crippen LogP contribution in [0, 0.1) is 0 Å². The Morgan fingerprint density at radius 1 is 1.55 bits per heavy atom. The van der Waals surface area contributed by atoms with Crippen molar-refractivity contribution in [3.8, 4) is 0 Å². The maximum atomic E-state index is 9.84. The summed E-state index contributed by atoms with van der Waals surface area (Å²) in [6, 6.07) is 0. The molecule has 0 amide bonds. The highest BCUT2D eigenvalue weighted by molar-refractivity contribution is 9.12. The van der Waals surface area contributed by atoms with Gasteiger partial charge in [-0.05, 0) is 0 Å². The summed E-state index contributed by atoms with van der Waals surface area (Å²) in [6.45, 7) is -0.142. The predicted molar refractivity (Wildman–Crippen MR) is 48.1 cm³/mol. The number of alkyl halides is 2. The van der Waals surface area contributed by atoms with E-state index in [2.05, 4.69) is 36.0 Å². The summed E-state index contributed by atoms with van der Waals surface area (Å²) in [5, 5.41) is 0.530. The fourth-order valence-corrected chi connectivity index (χ4v) is 1.03. The summed E-state index contributed by atoms with van der Waals surface area (Å²) in [5.41, 5.74) is 0. The summed E-state index contributed by atoms with van der Waals surface area (Å²) >= 11 is 6.11. The number of hydrogen-bond donors (Lipinski definition) is 1. The summed E-state index contributed by atoms with van der Waals surface area (Å²) in [6.07, 6.45) is 0. The molecule has 70 valence electrons. The number of halogens is 2. The van der Waals surface area contributed by atoms with E-state index in [0.29, 0.717) is 5.33 Å². The molecule has 0 radical (unpaired) electrons. The minimum absolute atomic E-state index is 0. The molecule has 8 heteroatoms. The van der Waals surface area contributed by atoms with Crippen molar-refractivity contribution in [1.82, 2.24) is 6.15 Å². The van der Waals surface area contributed by atoms with Crippen LogP contribution in [0.25, 0.3) is 0 Å². The van der Waals surface area contributed by atoms with E-state index < -0.39 is 10.4 Å². The molecule has 0 rings (SSSR count). The van der Waals surface area contributed by atoms with Crippen LogP contribution in [0.2, 0.25) is 0 Å². The Bertz CT molecular complexity index is 182. The molecule has 1 unspecified atom stereocenters. The van der Waals surface area contributed by atoms with Crippen molar-refractivity contribution in [2.75, 3.05) is 11.9 Å². The maximum Gasteiger partial charge on any atom is 0.217 e. The van der Waals surface area contributed by atoms with Crippen LogP contribution in [0.1, 0.15) is 0 Å². The molecule has 0 saturated heterocycles. The van der Waals surface area contributed by atoms with E-state index >= 15 is 0 Å². The van der Waals surface area contributed by atoms with Crippen LogP contribution in [0.4, 0.5) is 0 Å². The zero-order valence-corrected chi connectivity index (χ0v) is 9.78. The largest absolute Gasteiger partial charge is 0.726 e. The molecule has 1 atom stereocenters. The first-order chi connectivity index (χ1) is 4.45. The van der Waals surface area contributed by atoms with Gasteiger partial charge in [-0.2, -0.15) is 0 Å². The van der Waals surface area contributed by atoms with E-state index in [9.17, 15) is 13.0 Å². The molecule has 0 aliphatic heterocycles. The van der Waals surface area contributed by atoms with Gasteiger partial charge in [0.1, 0.15) is 0 Å². The lowest BCUT2D eigenvalue weighted by Gasteiger charge is -2.09. The lowest BCUT2D eigenvalue weighted by Crippen LogP contribution is -2.14. The van der Waals surface area contributed by atoms with Gasteiger partial charge in [0.05, 0.1) is 6.61 Å². The molecule has 0 aromatic rings. The Hall–Kier alpha value is 0.790. The number of hydrogen-bond acceptors (Lipinski definition) is 4. The molecule has 0 aliphatic carbocycles. The van der Waals surface area contributed by atoms with Gasteiger partial charge in [0.2, 0.25) is 10.4 Å². The molecule has 0 aromatic heterocycles. The molecule has 0 aromatic carbocycles. The van der Waals surface area contributed by atoms with Gasteiger partial charge in [-0.15, -0.1) is 0 Å². The van der Waals surface area contributed by atoms with Crippen LogP contribution in [-0.2, 0) is 14.6 Å². The first-order valence-corrected chi connectivity index (χ1v) is 5.63. The molecule has 5 nitrogen and oxygen atoms in total. The lowest BCUT2D eigenvalue weighted by atomic mass is 10.5. The minimum Gasteiger partial charge on any atom is -0.726 e. The first-order valence-electron chi connectivity index (χ1n) is 2.26. The quantitative estimate of drug-likeness (QED) is 0.475. The molecule has 0 aliphatic rings. The van der Waals surface area contributed by atoms with Crippen LogP contribution < -0.4 is 6.15 Å². The molecule has 0 saturated carbocycles. The van der Waals surface area contributed by atoms with E-state index in [-0.39, 0.29) is 17.6 Å². The molecular formula is C3H9Br2NO4S. The SMILES string of the molecule is O=S(=O)([O-])OCC(Br)CBr.[NH4+]. The molecular weight excluding hydrogens is 306 g/mol. The van der Waals surface area contributed by atoms with Gasteiger partial charge in [0, 0.05) is 10.2 Å². The van der Waals surface area contributed by atoms with E-state index in [1.807, 2.05) is 0 Å². The number of rotatable bonds is 4. The van der Waals surface area contributed by atoms with Crippen LogP contribution in [-0.4, -0.2) is 29.7 Å². The summed E-state index contributed by atoms with van der Waals surface area (Å²) in [7, 11) is -4.53. The van der Waals surface area contributed by atoms with Crippen LogP contribution in [0.5, 0.6) is 0 Å². The lowest BCUT2D eigenvalue weighted by molar-refractivity contribution is 0.267. The molecule has 11 heavy (non-hydrogen) atoms. The second-order valence-corrected chi connectivity index (χ2v) is 4.44. The van der Waals surface area contributed by atoms with Gasteiger partial charge in [0.25, 0.3) is 0 Å². The van der Waals surface area contributed by atoms with E-state index in [4.69, 9.17) is 0 Å². The monoisotopic (exact) mass is 313 g/mol. The van der Waals surface area contributed by atoms with Crippen LogP contribution >= 0.6 is 31.9 Å². The average molecular weight is 315 g/mol. The third-order valence-corrected chi connectivity index (χ3v) is 3.22. The Kier molecular flexibility index (Phi) is 8.23. The highest BCUT2D eigenvalue weighted by Crippen LogP contribution is 2.04. The molecule has 0 fully saturated rings. The van der Waals surface area contributed by atoms with E-state index in [1.165, 1.54) is 0 Å². The standard InChI is InChI=1S/C3H6Br2O4S.H3N/c4-1-3(5)2-9-10(6,7)8;/h3H,1-2H2,(H,6,7,8);1H3. The van der Waals surface area contributed by atoms with Crippen LogP contribution in [0.15, 0.2) is 0 Å². The van der Waals surface area contributed by atoms with Crippen molar-refractivity contribution in [1.29, 1.82) is 0 Å². The highest BCUT2D eigenvalue weighted by Gasteiger charge is 2.03. The normalized spacial score (nSPS) is 13.7. The molecule has 0 spiro atoms. The predicted octanol–water partition coefficient (Wildman–Crippen LogP) is 0.998. The zero-order valence-electron chi connectivity index (χ0n) is 5.79. The third-order valence-electron chi connectivity index (χ3n) is 0.561. The van der Waals surface area contributed by atoms with Gasteiger partial charge in [-0.1, -0.05) is 31.9 Å². The number of quaternary nitrogens is 1. The minimum atomic E-state index is -4.53. The molecule has 0 bridgehead atoms. The summed E-state index contributed by atoms with van der Waals surface area (Å²) in [5.74, 6) is 0. The Balaban J connectivity index is 0. The summed E-state index contributed by atoms with van der Waals surface area (Å²) < 4.78 is 33.4. The molecule has 0 heterocycles. The highest BCUT2D eigenvalue weighted by atomic mass is 79.9. The fraction of sp³-hybridized carbons (Fsp3) is 1.00. The Labute approximate surface area is 82.3 Å². The van der Waals surface area contributed by atoms with Crippen molar-refractivity contribution in [3.63, 3.8) is 0 Å². The maximum absolute atomic E-state index is 9.84. The Morgan fingerprint density at radius 3 is 2.27 bits per heavy atom. The van der Waals surface area contributed by atoms with E-state index in [0.717, 1.165) is 0 Å². The zero-order chi connectivity index (χ0) is 8.20. The van der Waals surface area contributed by atoms with Crippen molar-refractivity contribution in [2.45, 2.75) is 4.83 Å². The van der Waals surface area contributed by atoms with Gasteiger partial charge in [0.15, 0.2) is 0 Å². The smallest absolute Gasteiger partial charge is 0.217 e. The van der Waals surface area contributed by atoms with Crippen molar-refractivity contribution < 1.29 is 17.2 Å². The van der Waals surface area contributed by atoms with Crippen molar-refractivity contribution in [3.05, 3.63) is 0 Å². The van der Waals surface area contributed by atoms with Gasteiger partial charge in [-0.3, -0.25) is 4.18 Å². The van der Waals surface area contributed by atoms with Crippen LogP contribution in [0.3, 0.4) is 0 Å². The summed E-state index contributed by atoms with van der Waals surface area (Å²) in [4.78, 5) is -0.156. The van der Waals surface area contributed by atoms with Crippen molar-refractivity contribution >= 4 is 42.3 Å². The second-order valence-electron chi connectivity index (χ2n) is 1.44. The Morgan fingerprint density at radius 2 is 2.00 bits per heavy atom. The third kappa shape index (κ3) is 10.8. The second kappa shape index (κ2) is 6.32. The fourth-order valence-electron chi connectivity index (χ4n) is 0.202. The van der Waals surface area contributed by atoms with Gasteiger partial charge in [-0.25, -0.2) is 8.42 Å². The van der Waals surface area contributed by atoms with Gasteiger partial charge >= 0.3 is 0 Å². The molecule has 4 N–H and O–H groups in total. The van der Waals surface area contributed by atoms with Crippen molar-refractivity contribution in [2.24, 2.45) is 0 Å². The van der Waals surface area contributed by atoms with Gasteiger partial charge < -0.3 is 10.7 Å². The first kappa shape index (κ1) is 14.3. The average Bonchev–Trinajstić information content (AvgIpc) is 1.81. The van der Waals surface area contributed by atoms with E-state index in [1.54, 1.807) is 0 Å².